The molecule has 6 heteroatoms. The van der Waals surface area contributed by atoms with E-state index < -0.39 is 0 Å². The molecule has 0 saturated carbocycles. The number of carbonyl (C=O) groups is 1. The molecule has 0 atom stereocenters. The molecule has 1 amide bonds. The van der Waals surface area contributed by atoms with E-state index in [1.54, 1.807) is 11.3 Å². The monoisotopic (exact) mass is 374 g/mol. The standard InChI is InChI=1S/C18H15ClN2OS2/c19-14-6-8-16(9-7-14)23-12-17(22)20-10-15-11-24-18(21-15)13-4-2-1-3-5-13/h1-9,11H,10,12H2,(H,20,22). The average molecular weight is 375 g/mol. The highest BCUT2D eigenvalue weighted by Gasteiger charge is 2.07. The Labute approximate surface area is 154 Å². The van der Waals surface area contributed by atoms with Crippen molar-refractivity contribution >= 4 is 40.6 Å². The lowest BCUT2D eigenvalue weighted by molar-refractivity contribution is -0.118. The predicted octanol–water partition coefficient (Wildman–Crippen LogP) is 4.87. The van der Waals surface area contributed by atoms with Gasteiger partial charge in [0.05, 0.1) is 18.0 Å². The van der Waals surface area contributed by atoms with Gasteiger partial charge in [-0.05, 0) is 24.3 Å². The molecule has 1 aromatic heterocycles. The molecule has 2 aromatic carbocycles. The van der Waals surface area contributed by atoms with Crippen LogP contribution in [0, 0.1) is 0 Å². The van der Waals surface area contributed by atoms with Gasteiger partial charge in [0.1, 0.15) is 5.01 Å². The van der Waals surface area contributed by atoms with Crippen molar-refractivity contribution < 1.29 is 4.79 Å². The summed E-state index contributed by atoms with van der Waals surface area (Å²) in [4.78, 5) is 17.5. The third-order valence-corrected chi connectivity index (χ3v) is 5.43. The lowest BCUT2D eigenvalue weighted by Crippen LogP contribution is -2.24. The van der Waals surface area contributed by atoms with Gasteiger partial charge in [-0.3, -0.25) is 4.79 Å². The van der Waals surface area contributed by atoms with Crippen LogP contribution in [0.3, 0.4) is 0 Å². The maximum absolute atomic E-state index is 12.0. The van der Waals surface area contributed by atoms with E-state index in [0.29, 0.717) is 17.3 Å². The van der Waals surface area contributed by atoms with Crippen LogP contribution in [-0.2, 0) is 11.3 Å². The number of carbonyl (C=O) groups excluding carboxylic acids is 1. The minimum atomic E-state index is -0.00999. The van der Waals surface area contributed by atoms with Crippen LogP contribution < -0.4 is 5.32 Å². The van der Waals surface area contributed by atoms with E-state index in [1.165, 1.54) is 11.8 Å². The Morgan fingerprint density at radius 2 is 1.88 bits per heavy atom. The number of thiazole rings is 1. The summed E-state index contributed by atoms with van der Waals surface area (Å²) in [6, 6.07) is 17.5. The Morgan fingerprint density at radius 3 is 2.62 bits per heavy atom. The van der Waals surface area contributed by atoms with Gasteiger partial charge in [-0.2, -0.15) is 0 Å². The lowest BCUT2D eigenvalue weighted by atomic mass is 10.2. The second-order valence-electron chi connectivity index (χ2n) is 5.03. The van der Waals surface area contributed by atoms with Gasteiger partial charge in [0.25, 0.3) is 0 Å². The SMILES string of the molecule is O=C(CSc1ccc(Cl)cc1)NCc1csc(-c2ccccc2)n1. The van der Waals surface area contributed by atoms with E-state index >= 15 is 0 Å². The van der Waals surface area contributed by atoms with Crippen molar-refractivity contribution in [2.24, 2.45) is 0 Å². The van der Waals surface area contributed by atoms with Crippen LogP contribution in [0.15, 0.2) is 64.9 Å². The van der Waals surface area contributed by atoms with Crippen LogP contribution in [-0.4, -0.2) is 16.6 Å². The topological polar surface area (TPSA) is 42.0 Å². The third-order valence-electron chi connectivity index (χ3n) is 3.22. The largest absolute Gasteiger partial charge is 0.350 e. The van der Waals surface area contributed by atoms with Crippen molar-refractivity contribution in [1.29, 1.82) is 0 Å². The highest BCUT2D eigenvalue weighted by Crippen LogP contribution is 2.23. The molecule has 3 aromatic rings. The van der Waals surface area contributed by atoms with Crippen molar-refractivity contribution in [3.05, 3.63) is 70.7 Å². The van der Waals surface area contributed by atoms with Crippen LogP contribution in [0.1, 0.15) is 5.69 Å². The highest BCUT2D eigenvalue weighted by molar-refractivity contribution is 8.00. The van der Waals surface area contributed by atoms with E-state index in [2.05, 4.69) is 10.3 Å². The molecule has 0 fully saturated rings. The van der Waals surface area contributed by atoms with Crippen LogP contribution in [0.4, 0.5) is 0 Å². The number of nitrogens with zero attached hydrogens (tertiary/aromatic N) is 1. The highest BCUT2D eigenvalue weighted by atomic mass is 35.5. The average Bonchev–Trinajstić information content (AvgIpc) is 3.09. The van der Waals surface area contributed by atoms with Gasteiger partial charge in [0, 0.05) is 20.9 Å². The first-order valence-electron chi connectivity index (χ1n) is 7.35. The van der Waals surface area contributed by atoms with E-state index in [9.17, 15) is 4.79 Å². The zero-order valence-electron chi connectivity index (χ0n) is 12.7. The second-order valence-corrected chi connectivity index (χ2v) is 7.37. The molecule has 0 radical (unpaired) electrons. The molecule has 1 N–H and O–H groups in total. The lowest BCUT2D eigenvalue weighted by Gasteiger charge is -2.03. The van der Waals surface area contributed by atoms with Gasteiger partial charge in [-0.1, -0.05) is 41.9 Å². The first-order chi connectivity index (χ1) is 11.7. The summed E-state index contributed by atoms with van der Waals surface area (Å²) in [6.45, 7) is 0.448. The van der Waals surface area contributed by atoms with Crippen LogP contribution in [0.5, 0.6) is 0 Å². The summed E-state index contributed by atoms with van der Waals surface area (Å²) in [7, 11) is 0. The smallest absolute Gasteiger partial charge is 0.230 e. The molecule has 1 heterocycles. The fourth-order valence-electron chi connectivity index (χ4n) is 2.02. The molecule has 0 saturated heterocycles. The van der Waals surface area contributed by atoms with Crippen LogP contribution >= 0.6 is 34.7 Å². The number of nitrogens with one attached hydrogen (secondary N) is 1. The van der Waals surface area contributed by atoms with Gasteiger partial charge < -0.3 is 5.32 Å². The minimum absolute atomic E-state index is 0.00999. The van der Waals surface area contributed by atoms with Crippen molar-refractivity contribution in [2.75, 3.05) is 5.75 Å². The molecular formula is C18H15ClN2OS2. The molecule has 0 aliphatic heterocycles. The Hall–Kier alpha value is -1.82. The van der Waals surface area contributed by atoms with E-state index in [0.717, 1.165) is 21.2 Å². The molecule has 0 aliphatic rings. The molecule has 0 unspecified atom stereocenters. The zero-order valence-corrected chi connectivity index (χ0v) is 15.1. The van der Waals surface area contributed by atoms with Gasteiger partial charge in [-0.15, -0.1) is 23.1 Å². The molecule has 24 heavy (non-hydrogen) atoms. The number of hydrogen-bond acceptors (Lipinski definition) is 4. The fraction of sp³-hybridized carbons (Fsp3) is 0.111. The molecule has 0 spiro atoms. The van der Waals surface area contributed by atoms with E-state index in [4.69, 9.17) is 11.6 Å². The maximum atomic E-state index is 12.0. The molecule has 0 aliphatic carbocycles. The number of aromatic nitrogens is 1. The Bertz CT molecular complexity index is 803. The first kappa shape index (κ1) is 17.0. The predicted molar refractivity (Wildman–Crippen MR) is 102 cm³/mol. The van der Waals surface area contributed by atoms with Crippen molar-refractivity contribution in [3.63, 3.8) is 0 Å². The Morgan fingerprint density at radius 1 is 1.12 bits per heavy atom. The summed E-state index contributed by atoms with van der Waals surface area (Å²) in [5.74, 6) is 0.362. The molecular weight excluding hydrogens is 360 g/mol. The molecule has 0 bridgehead atoms. The maximum Gasteiger partial charge on any atom is 0.230 e. The summed E-state index contributed by atoms with van der Waals surface area (Å²) in [5, 5.41) is 6.55. The van der Waals surface area contributed by atoms with E-state index in [1.807, 2.05) is 60.0 Å². The number of benzene rings is 2. The molecule has 122 valence electrons. The normalized spacial score (nSPS) is 10.5. The van der Waals surface area contributed by atoms with Crippen LogP contribution in [0.2, 0.25) is 5.02 Å². The quantitative estimate of drug-likeness (QED) is 0.626. The molecule has 3 rings (SSSR count). The van der Waals surface area contributed by atoms with Gasteiger partial charge in [-0.25, -0.2) is 4.98 Å². The van der Waals surface area contributed by atoms with Crippen LogP contribution in [0.25, 0.3) is 10.6 Å². The Kier molecular flexibility index (Phi) is 5.91. The second kappa shape index (κ2) is 8.33. The van der Waals surface area contributed by atoms with E-state index in [-0.39, 0.29) is 5.91 Å². The fourth-order valence-corrected chi connectivity index (χ4v) is 3.70. The summed E-state index contributed by atoms with van der Waals surface area (Å²) >= 11 is 8.92. The van der Waals surface area contributed by atoms with Crippen molar-refractivity contribution in [1.82, 2.24) is 10.3 Å². The third kappa shape index (κ3) is 4.84. The van der Waals surface area contributed by atoms with Crippen molar-refractivity contribution in [3.8, 4) is 10.6 Å². The minimum Gasteiger partial charge on any atom is -0.350 e. The van der Waals surface area contributed by atoms with Gasteiger partial charge in [0.2, 0.25) is 5.91 Å². The summed E-state index contributed by atoms with van der Waals surface area (Å²) < 4.78 is 0. The van der Waals surface area contributed by atoms with Gasteiger partial charge >= 0.3 is 0 Å². The summed E-state index contributed by atoms with van der Waals surface area (Å²) in [6.07, 6.45) is 0. The number of hydrogen-bond donors (Lipinski definition) is 1. The van der Waals surface area contributed by atoms with Crippen molar-refractivity contribution in [2.45, 2.75) is 11.4 Å². The number of amides is 1. The zero-order chi connectivity index (χ0) is 16.8. The number of halogens is 1. The molecule has 3 nitrogen and oxygen atoms in total. The summed E-state index contributed by atoms with van der Waals surface area (Å²) in [5.41, 5.74) is 1.97. The number of thioether (sulfide) groups is 1. The first-order valence-corrected chi connectivity index (χ1v) is 9.60. The Balaban J connectivity index is 1.48. The number of rotatable bonds is 6. The van der Waals surface area contributed by atoms with Gasteiger partial charge in [0.15, 0.2) is 0 Å².